The number of amides is 3. The molecule has 1 aliphatic rings. The summed E-state index contributed by atoms with van der Waals surface area (Å²) in [5, 5.41) is 5.53. The van der Waals surface area contributed by atoms with E-state index < -0.39 is 24.0 Å². The van der Waals surface area contributed by atoms with E-state index >= 15 is 0 Å². The number of benzene rings is 1. The molecule has 0 unspecified atom stereocenters. The maximum absolute atomic E-state index is 12.9. The van der Waals surface area contributed by atoms with Crippen molar-refractivity contribution in [3.8, 4) is 0 Å². The summed E-state index contributed by atoms with van der Waals surface area (Å²) in [6, 6.07) is 7.60. The van der Waals surface area contributed by atoms with Gasteiger partial charge in [0.05, 0.1) is 21.9 Å². The molecule has 2 atom stereocenters. The quantitative estimate of drug-likeness (QED) is 0.655. The highest BCUT2D eigenvalue weighted by molar-refractivity contribution is 7.18. The Balaban J connectivity index is 1.72. The van der Waals surface area contributed by atoms with Crippen molar-refractivity contribution in [1.29, 1.82) is 0 Å². The van der Waals surface area contributed by atoms with Crippen molar-refractivity contribution in [2.24, 2.45) is 0 Å². The van der Waals surface area contributed by atoms with Crippen molar-refractivity contribution < 1.29 is 23.9 Å². The van der Waals surface area contributed by atoms with Gasteiger partial charge in [-0.15, -0.1) is 11.3 Å². The number of nitrogens with one attached hydrogen (secondary N) is 2. The first-order valence-electron chi connectivity index (χ1n) is 9.68. The number of nitrogens with zero attached hydrogens (tertiary/aromatic N) is 1. The lowest BCUT2D eigenvalue weighted by Crippen LogP contribution is -2.50. The molecule has 8 nitrogen and oxygen atoms in total. The standard InChI is InChI=1S/C21H24ClN3O5S/c1-12-10-14(4-5-15(12)25-8-9-30-11-18(25)26)23-21(28)19(13(2)29-3)24-20(27)16-6-7-17(22)31-16/h4-7,10,13,19H,8-9,11H2,1-3H3,(H,23,28)(H,24,27)/t13-,19-/m1/s1. The molecule has 31 heavy (non-hydrogen) atoms. The number of halogens is 1. The number of hydrogen-bond acceptors (Lipinski definition) is 6. The second-order valence-electron chi connectivity index (χ2n) is 7.08. The lowest BCUT2D eigenvalue weighted by molar-refractivity contribution is -0.125. The molecule has 1 aromatic heterocycles. The lowest BCUT2D eigenvalue weighted by Gasteiger charge is -2.28. The minimum absolute atomic E-state index is 0.0592. The van der Waals surface area contributed by atoms with Crippen LogP contribution < -0.4 is 15.5 Å². The summed E-state index contributed by atoms with van der Waals surface area (Å²) >= 11 is 7.03. The molecule has 0 saturated carbocycles. The highest BCUT2D eigenvalue weighted by Gasteiger charge is 2.28. The van der Waals surface area contributed by atoms with Gasteiger partial charge in [0, 0.05) is 25.0 Å². The third-order valence-electron chi connectivity index (χ3n) is 4.95. The van der Waals surface area contributed by atoms with Crippen molar-refractivity contribution in [1.82, 2.24) is 5.32 Å². The highest BCUT2D eigenvalue weighted by atomic mass is 35.5. The fourth-order valence-corrected chi connectivity index (χ4v) is 4.16. The molecule has 0 radical (unpaired) electrons. The monoisotopic (exact) mass is 465 g/mol. The molecule has 0 spiro atoms. The molecule has 1 aromatic carbocycles. The third-order valence-corrected chi connectivity index (χ3v) is 6.18. The Morgan fingerprint density at radius 1 is 1.29 bits per heavy atom. The molecule has 2 N–H and O–H groups in total. The topological polar surface area (TPSA) is 97.0 Å². The number of methoxy groups -OCH3 is 1. The lowest BCUT2D eigenvalue weighted by atomic mass is 10.1. The maximum Gasteiger partial charge on any atom is 0.262 e. The maximum atomic E-state index is 12.9. The zero-order valence-corrected chi connectivity index (χ0v) is 19.0. The Kier molecular flexibility index (Phi) is 7.66. The van der Waals surface area contributed by atoms with Crippen LogP contribution in [0.15, 0.2) is 30.3 Å². The molecule has 0 bridgehead atoms. The second kappa shape index (κ2) is 10.2. The van der Waals surface area contributed by atoms with Crippen LogP contribution >= 0.6 is 22.9 Å². The summed E-state index contributed by atoms with van der Waals surface area (Å²) in [7, 11) is 1.47. The number of thiophene rings is 1. The van der Waals surface area contributed by atoms with Crippen LogP contribution in [0.3, 0.4) is 0 Å². The van der Waals surface area contributed by atoms with E-state index in [-0.39, 0.29) is 12.5 Å². The van der Waals surface area contributed by atoms with Crippen molar-refractivity contribution >= 4 is 52.0 Å². The van der Waals surface area contributed by atoms with Crippen molar-refractivity contribution in [3.05, 3.63) is 45.1 Å². The predicted octanol–water partition coefficient (Wildman–Crippen LogP) is 2.85. The zero-order valence-electron chi connectivity index (χ0n) is 17.4. The first-order valence-corrected chi connectivity index (χ1v) is 10.9. The summed E-state index contributed by atoms with van der Waals surface area (Å²) in [5.41, 5.74) is 2.16. The fraction of sp³-hybridized carbons (Fsp3) is 0.381. The third kappa shape index (κ3) is 5.62. The van der Waals surface area contributed by atoms with Gasteiger partial charge < -0.3 is 25.0 Å². The predicted molar refractivity (Wildman–Crippen MR) is 120 cm³/mol. The largest absolute Gasteiger partial charge is 0.379 e. The van der Waals surface area contributed by atoms with E-state index in [1.54, 1.807) is 42.2 Å². The Labute approximate surface area is 189 Å². The van der Waals surface area contributed by atoms with E-state index in [1.807, 2.05) is 6.92 Å². The van der Waals surface area contributed by atoms with Crippen LogP contribution in [0.4, 0.5) is 11.4 Å². The van der Waals surface area contributed by atoms with E-state index in [1.165, 1.54) is 7.11 Å². The van der Waals surface area contributed by atoms with Crippen molar-refractivity contribution in [3.63, 3.8) is 0 Å². The van der Waals surface area contributed by atoms with Crippen LogP contribution in [0.25, 0.3) is 0 Å². The smallest absolute Gasteiger partial charge is 0.262 e. The zero-order chi connectivity index (χ0) is 22.5. The molecule has 3 amide bonds. The SMILES string of the molecule is CO[C@H](C)[C@@H](NC(=O)c1ccc(Cl)s1)C(=O)Nc1ccc(N2CCOCC2=O)c(C)c1. The van der Waals surface area contributed by atoms with Gasteiger partial charge in [0.15, 0.2) is 0 Å². The molecule has 1 fully saturated rings. The van der Waals surface area contributed by atoms with Gasteiger partial charge in [-0.05, 0) is 49.7 Å². The van der Waals surface area contributed by atoms with Gasteiger partial charge in [0.25, 0.3) is 11.8 Å². The van der Waals surface area contributed by atoms with Gasteiger partial charge >= 0.3 is 0 Å². The number of aryl methyl sites for hydroxylation is 1. The van der Waals surface area contributed by atoms with E-state index in [0.29, 0.717) is 28.1 Å². The van der Waals surface area contributed by atoms with Crippen LogP contribution in [0.5, 0.6) is 0 Å². The molecule has 0 aliphatic carbocycles. The summed E-state index contributed by atoms with van der Waals surface area (Å²) < 4.78 is 11.0. The van der Waals surface area contributed by atoms with E-state index in [0.717, 1.165) is 22.6 Å². The number of hydrogen-bond donors (Lipinski definition) is 2. The Hall–Kier alpha value is -2.46. The molecule has 2 aromatic rings. The van der Waals surface area contributed by atoms with Crippen molar-refractivity contribution in [2.45, 2.75) is 26.0 Å². The minimum Gasteiger partial charge on any atom is -0.379 e. The average Bonchev–Trinajstić information content (AvgIpc) is 3.18. The van der Waals surface area contributed by atoms with Gasteiger partial charge in [0.1, 0.15) is 12.6 Å². The first kappa shape index (κ1) is 23.2. The van der Waals surface area contributed by atoms with Gasteiger partial charge in [0.2, 0.25) is 5.91 Å². The number of rotatable bonds is 7. The molecular weight excluding hydrogens is 442 g/mol. The molecule has 1 saturated heterocycles. The molecule has 2 heterocycles. The van der Waals surface area contributed by atoms with Gasteiger partial charge in [-0.1, -0.05) is 11.6 Å². The van der Waals surface area contributed by atoms with Gasteiger partial charge in [-0.2, -0.15) is 0 Å². The molecular formula is C21H24ClN3O5S. The Morgan fingerprint density at radius 2 is 2.06 bits per heavy atom. The summed E-state index contributed by atoms with van der Waals surface area (Å²) in [6.07, 6.45) is -0.564. The first-order chi connectivity index (χ1) is 14.8. The number of carbonyl (C=O) groups excluding carboxylic acids is 3. The van der Waals surface area contributed by atoms with Crippen molar-refractivity contribution in [2.75, 3.05) is 37.1 Å². The average molecular weight is 466 g/mol. The number of ether oxygens (including phenoxy) is 2. The van der Waals surface area contributed by atoms with E-state index in [2.05, 4.69) is 10.6 Å². The van der Waals surface area contributed by atoms with E-state index in [4.69, 9.17) is 21.1 Å². The number of carbonyl (C=O) groups is 3. The van der Waals surface area contributed by atoms with Crippen LogP contribution in [-0.2, 0) is 19.1 Å². The summed E-state index contributed by atoms with van der Waals surface area (Å²) in [4.78, 5) is 39.6. The normalized spacial score (nSPS) is 16.0. The van der Waals surface area contributed by atoms with E-state index in [9.17, 15) is 14.4 Å². The molecule has 10 heteroatoms. The fourth-order valence-electron chi connectivity index (χ4n) is 3.21. The van der Waals surface area contributed by atoms with Gasteiger partial charge in [-0.25, -0.2) is 0 Å². The van der Waals surface area contributed by atoms with Crippen LogP contribution in [0, 0.1) is 6.92 Å². The number of morpholine rings is 1. The van der Waals surface area contributed by atoms with Gasteiger partial charge in [-0.3, -0.25) is 14.4 Å². The summed E-state index contributed by atoms with van der Waals surface area (Å²) in [6.45, 7) is 4.59. The minimum atomic E-state index is -0.917. The Bertz CT molecular complexity index is 980. The molecule has 166 valence electrons. The molecule has 3 rings (SSSR count). The second-order valence-corrected chi connectivity index (χ2v) is 8.80. The summed E-state index contributed by atoms with van der Waals surface area (Å²) in [5.74, 6) is -0.922. The van der Waals surface area contributed by atoms with Crippen LogP contribution in [0.1, 0.15) is 22.2 Å². The van der Waals surface area contributed by atoms with Crippen LogP contribution in [-0.4, -0.2) is 56.7 Å². The highest BCUT2D eigenvalue weighted by Crippen LogP contribution is 2.25. The molecule has 1 aliphatic heterocycles. The Morgan fingerprint density at radius 3 is 2.68 bits per heavy atom. The van der Waals surface area contributed by atoms with Crippen LogP contribution in [0.2, 0.25) is 4.34 Å². The number of anilines is 2.